The number of carbonyl (C=O) groups is 1. The number of anilines is 2. The SMILES string of the molecule is Cc1ccc(S(=O)(=O)NC(=O)N2c3ccccc3CCc3ccccc32)cc1. The van der Waals surface area contributed by atoms with Crippen LogP contribution < -0.4 is 9.62 Å². The number of amides is 2. The Labute approximate surface area is 164 Å². The average molecular weight is 392 g/mol. The quantitative estimate of drug-likeness (QED) is 0.706. The van der Waals surface area contributed by atoms with E-state index in [0.717, 1.165) is 29.5 Å². The van der Waals surface area contributed by atoms with Gasteiger partial charge in [0.05, 0.1) is 16.3 Å². The molecule has 4 rings (SSSR count). The highest BCUT2D eigenvalue weighted by molar-refractivity contribution is 7.90. The number of carbonyl (C=O) groups excluding carboxylic acids is 1. The van der Waals surface area contributed by atoms with Gasteiger partial charge < -0.3 is 0 Å². The standard InChI is InChI=1S/C22H20N2O3S/c1-16-10-14-19(15-11-16)28(26,27)23-22(25)24-20-8-4-2-6-17(20)12-13-18-7-3-5-9-21(18)24/h2-11,14-15H,12-13H2,1H3,(H,23,25). The first-order valence-electron chi connectivity index (χ1n) is 9.05. The zero-order valence-electron chi connectivity index (χ0n) is 15.4. The summed E-state index contributed by atoms with van der Waals surface area (Å²) in [5.74, 6) is 0. The van der Waals surface area contributed by atoms with Gasteiger partial charge in [-0.1, -0.05) is 54.1 Å². The van der Waals surface area contributed by atoms with Crippen molar-refractivity contribution in [1.29, 1.82) is 0 Å². The number of rotatable bonds is 2. The molecule has 0 spiro atoms. The normalized spacial score (nSPS) is 13.2. The summed E-state index contributed by atoms with van der Waals surface area (Å²) in [4.78, 5) is 14.7. The molecule has 0 aromatic heterocycles. The molecule has 1 aliphatic rings. The molecule has 0 bridgehead atoms. The van der Waals surface area contributed by atoms with Crippen LogP contribution in [-0.2, 0) is 22.9 Å². The summed E-state index contributed by atoms with van der Waals surface area (Å²) in [6, 6.07) is 20.9. The molecular formula is C22H20N2O3S. The van der Waals surface area contributed by atoms with Gasteiger partial charge in [0, 0.05) is 0 Å². The van der Waals surface area contributed by atoms with Crippen molar-refractivity contribution in [3.63, 3.8) is 0 Å². The molecule has 28 heavy (non-hydrogen) atoms. The maximum Gasteiger partial charge on any atom is 0.340 e. The van der Waals surface area contributed by atoms with Crippen molar-refractivity contribution >= 4 is 27.4 Å². The van der Waals surface area contributed by atoms with Gasteiger partial charge in [0.25, 0.3) is 10.0 Å². The van der Waals surface area contributed by atoms with E-state index in [2.05, 4.69) is 4.72 Å². The number of aryl methyl sites for hydroxylation is 3. The second-order valence-corrected chi connectivity index (χ2v) is 8.50. The molecule has 0 atom stereocenters. The number of urea groups is 1. The Morgan fingerprint density at radius 2 is 1.32 bits per heavy atom. The smallest absolute Gasteiger partial charge is 0.262 e. The number of nitrogens with zero attached hydrogens (tertiary/aromatic N) is 1. The summed E-state index contributed by atoms with van der Waals surface area (Å²) in [6.45, 7) is 1.88. The van der Waals surface area contributed by atoms with Gasteiger partial charge >= 0.3 is 6.03 Å². The molecule has 0 radical (unpaired) electrons. The minimum atomic E-state index is -3.98. The van der Waals surface area contributed by atoms with E-state index < -0.39 is 16.1 Å². The average Bonchev–Trinajstić information content (AvgIpc) is 2.85. The van der Waals surface area contributed by atoms with Gasteiger partial charge in [0.2, 0.25) is 0 Å². The fourth-order valence-corrected chi connectivity index (χ4v) is 4.37. The lowest BCUT2D eigenvalue weighted by atomic mass is 10.0. The number of fused-ring (bicyclic) bond motifs is 2. The van der Waals surface area contributed by atoms with Crippen LogP contribution in [0.4, 0.5) is 16.2 Å². The number of sulfonamides is 1. The fourth-order valence-electron chi connectivity index (χ4n) is 3.44. The van der Waals surface area contributed by atoms with Crippen LogP contribution in [0.15, 0.2) is 77.7 Å². The van der Waals surface area contributed by atoms with Gasteiger partial charge in [-0.3, -0.25) is 4.90 Å². The number of hydrogen-bond donors (Lipinski definition) is 1. The van der Waals surface area contributed by atoms with E-state index in [1.807, 2.05) is 55.5 Å². The van der Waals surface area contributed by atoms with Crippen molar-refractivity contribution < 1.29 is 13.2 Å². The number of benzene rings is 3. The van der Waals surface area contributed by atoms with Crippen LogP contribution in [0, 0.1) is 6.92 Å². The van der Waals surface area contributed by atoms with Crippen LogP contribution in [0.1, 0.15) is 16.7 Å². The second kappa shape index (κ2) is 7.13. The van der Waals surface area contributed by atoms with E-state index in [-0.39, 0.29) is 4.90 Å². The maximum absolute atomic E-state index is 13.2. The Bertz CT molecular complexity index is 1090. The van der Waals surface area contributed by atoms with Crippen molar-refractivity contribution in [2.24, 2.45) is 0 Å². The van der Waals surface area contributed by atoms with E-state index in [0.29, 0.717) is 11.4 Å². The molecule has 1 heterocycles. The van der Waals surface area contributed by atoms with E-state index in [1.165, 1.54) is 17.0 Å². The van der Waals surface area contributed by atoms with E-state index >= 15 is 0 Å². The molecule has 3 aromatic rings. The Balaban J connectivity index is 1.75. The van der Waals surface area contributed by atoms with Crippen LogP contribution in [0.25, 0.3) is 0 Å². The summed E-state index contributed by atoms with van der Waals surface area (Å²) in [7, 11) is -3.98. The highest BCUT2D eigenvalue weighted by Gasteiger charge is 2.28. The first kappa shape index (κ1) is 18.3. The minimum Gasteiger partial charge on any atom is -0.262 e. The summed E-state index contributed by atoms with van der Waals surface area (Å²) < 4.78 is 27.7. The summed E-state index contributed by atoms with van der Waals surface area (Å²) >= 11 is 0. The van der Waals surface area contributed by atoms with Crippen molar-refractivity contribution in [3.8, 4) is 0 Å². The maximum atomic E-state index is 13.2. The highest BCUT2D eigenvalue weighted by atomic mass is 32.2. The van der Waals surface area contributed by atoms with Crippen molar-refractivity contribution in [2.75, 3.05) is 4.90 Å². The Morgan fingerprint density at radius 1 is 0.821 bits per heavy atom. The molecule has 6 heteroatoms. The monoisotopic (exact) mass is 392 g/mol. The molecule has 3 aromatic carbocycles. The van der Waals surface area contributed by atoms with Crippen LogP contribution >= 0.6 is 0 Å². The van der Waals surface area contributed by atoms with Crippen LogP contribution in [0.5, 0.6) is 0 Å². The lowest BCUT2D eigenvalue weighted by molar-refractivity contribution is 0.253. The predicted molar refractivity (Wildman–Crippen MR) is 109 cm³/mol. The van der Waals surface area contributed by atoms with Crippen LogP contribution in [-0.4, -0.2) is 14.4 Å². The summed E-state index contributed by atoms with van der Waals surface area (Å²) in [6.07, 6.45) is 1.56. The Kier molecular flexibility index (Phi) is 4.65. The summed E-state index contributed by atoms with van der Waals surface area (Å²) in [5.41, 5.74) is 4.34. The second-order valence-electron chi connectivity index (χ2n) is 6.82. The molecular weight excluding hydrogens is 372 g/mol. The zero-order valence-corrected chi connectivity index (χ0v) is 16.2. The van der Waals surface area contributed by atoms with Crippen molar-refractivity contribution in [2.45, 2.75) is 24.7 Å². The third-order valence-corrected chi connectivity index (χ3v) is 6.22. The lowest BCUT2D eigenvalue weighted by Gasteiger charge is -2.25. The van der Waals surface area contributed by atoms with Gasteiger partial charge in [-0.05, 0) is 55.2 Å². The Hall–Kier alpha value is -3.12. The van der Waals surface area contributed by atoms with E-state index in [9.17, 15) is 13.2 Å². The lowest BCUT2D eigenvalue weighted by Crippen LogP contribution is -2.40. The van der Waals surface area contributed by atoms with Gasteiger partial charge in [0.15, 0.2) is 0 Å². The highest BCUT2D eigenvalue weighted by Crippen LogP contribution is 2.36. The molecule has 2 amide bonds. The topological polar surface area (TPSA) is 66.5 Å². The molecule has 5 nitrogen and oxygen atoms in total. The molecule has 0 unspecified atom stereocenters. The Morgan fingerprint density at radius 3 is 1.86 bits per heavy atom. The fraction of sp³-hybridized carbons (Fsp3) is 0.136. The zero-order chi connectivity index (χ0) is 19.7. The molecule has 1 N–H and O–H groups in total. The predicted octanol–water partition coefficient (Wildman–Crippen LogP) is 4.33. The van der Waals surface area contributed by atoms with Gasteiger partial charge in [0.1, 0.15) is 0 Å². The minimum absolute atomic E-state index is 0.0582. The number of nitrogens with one attached hydrogen (secondary N) is 1. The third-order valence-electron chi connectivity index (χ3n) is 4.88. The number of hydrogen-bond acceptors (Lipinski definition) is 3. The molecule has 142 valence electrons. The van der Waals surface area contributed by atoms with Crippen molar-refractivity contribution in [3.05, 3.63) is 89.5 Å². The molecule has 0 saturated heterocycles. The van der Waals surface area contributed by atoms with Gasteiger partial charge in [-0.2, -0.15) is 0 Å². The molecule has 0 aliphatic carbocycles. The first-order valence-corrected chi connectivity index (χ1v) is 10.5. The molecule has 1 aliphatic heterocycles. The number of para-hydroxylation sites is 2. The van der Waals surface area contributed by atoms with Gasteiger partial charge in [-0.25, -0.2) is 17.9 Å². The van der Waals surface area contributed by atoms with Crippen LogP contribution in [0.3, 0.4) is 0 Å². The van der Waals surface area contributed by atoms with E-state index in [4.69, 9.17) is 0 Å². The summed E-state index contributed by atoms with van der Waals surface area (Å²) in [5, 5.41) is 0. The molecule has 0 saturated carbocycles. The van der Waals surface area contributed by atoms with Crippen LogP contribution in [0.2, 0.25) is 0 Å². The van der Waals surface area contributed by atoms with Gasteiger partial charge in [-0.15, -0.1) is 0 Å². The van der Waals surface area contributed by atoms with E-state index in [1.54, 1.807) is 12.1 Å². The van der Waals surface area contributed by atoms with Crippen molar-refractivity contribution in [1.82, 2.24) is 4.72 Å². The molecule has 0 fully saturated rings. The largest absolute Gasteiger partial charge is 0.340 e. The third kappa shape index (κ3) is 3.39. The first-order chi connectivity index (χ1) is 13.5.